The Labute approximate surface area is 138 Å². The lowest BCUT2D eigenvalue weighted by Gasteiger charge is -2.33. The molecular formula is C18H26N2O3. The second-order valence-corrected chi connectivity index (χ2v) is 6.99. The van der Waals surface area contributed by atoms with Crippen LogP contribution in [0.3, 0.4) is 0 Å². The van der Waals surface area contributed by atoms with E-state index in [0.29, 0.717) is 13.0 Å². The van der Waals surface area contributed by atoms with Gasteiger partial charge < -0.3 is 15.0 Å². The summed E-state index contributed by atoms with van der Waals surface area (Å²) < 4.78 is 5.28. The van der Waals surface area contributed by atoms with E-state index in [9.17, 15) is 9.59 Å². The van der Waals surface area contributed by atoms with Gasteiger partial charge in [-0.3, -0.25) is 4.79 Å². The van der Waals surface area contributed by atoms with Crippen molar-refractivity contribution in [2.45, 2.75) is 51.7 Å². The van der Waals surface area contributed by atoms with Crippen LogP contribution in [0.2, 0.25) is 0 Å². The zero-order chi connectivity index (χ0) is 16.9. The van der Waals surface area contributed by atoms with Gasteiger partial charge >= 0.3 is 6.09 Å². The van der Waals surface area contributed by atoms with E-state index in [1.165, 1.54) is 0 Å². The smallest absolute Gasteiger partial charge is 0.407 e. The average Bonchev–Trinajstić information content (AvgIpc) is 2.46. The molecule has 0 radical (unpaired) electrons. The van der Waals surface area contributed by atoms with E-state index in [2.05, 4.69) is 5.32 Å². The number of benzene rings is 1. The first-order valence-corrected chi connectivity index (χ1v) is 8.15. The predicted octanol–water partition coefficient (Wildman–Crippen LogP) is 2.74. The number of likely N-dealkylation sites (tertiary alicyclic amines) is 1. The topological polar surface area (TPSA) is 58.6 Å². The predicted molar refractivity (Wildman–Crippen MR) is 89.1 cm³/mol. The SMILES string of the molecule is CC(C)(C)OC(=O)NC1CCCN(C(=O)Cc2ccccc2)C1. The van der Waals surface area contributed by atoms with Crippen molar-refractivity contribution in [2.75, 3.05) is 13.1 Å². The number of amides is 2. The number of nitrogens with zero attached hydrogens (tertiary/aromatic N) is 1. The lowest BCUT2D eigenvalue weighted by molar-refractivity contribution is -0.131. The molecule has 5 heteroatoms. The van der Waals surface area contributed by atoms with E-state index in [4.69, 9.17) is 4.74 Å². The number of hydrogen-bond donors (Lipinski definition) is 1. The maximum Gasteiger partial charge on any atom is 0.407 e. The molecule has 1 atom stereocenters. The molecule has 2 rings (SSSR count). The molecule has 1 aliphatic heterocycles. The van der Waals surface area contributed by atoms with E-state index in [0.717, 1.165) is 24.9 Å². The summed E-state index contributed by atoms with van der Waals surface area (Å²) in [7, 11) is 0. The van der Waals surface area contributed by atoms with Gasteiger partial charge in [-0.2, -0.15) is 0 Å². The number of piperidine rings is 1. The molecule has 1 saturated heterocycles. The first-order chi connectivity index (χ1) is 10.8. The third-order valence-electron chi connectivity index (χ3n) is 3.69. The van der Waals surface area contributed by atoms with Crippen LogP contribution < -0.4 is 5.32 Å². The van der Waals surface area contributed by atoms with Gasteiger partial charge in [-0.1, -0.05) is 30.3 Å². The van der Waals surface area contributed by atoms with Gasteiger partial charge in [-0.25, -0.2) is 4.79 Å². The van der Waals surface area contributed by atoms with Gasteiger partial charge in [0.15, 0.2) is 0 Å². The first-order valence-electron chi connectivity index (χ1n) is 8.15. The molecule has 0 saturated carbocycles. The highest BCUT2D eigenvalue weighted by Gasteiger charge is 2.26. The first kappa shape index (κ1) is 17.3. The zero-order valence-electron chi connectivity index (χ0n) is 14.2. The second-order valence-electron chi connectivity index (χ2n) is 6.99. The van der Waals surface area contributed by atoms with Gasteiger partial charge in [0.05, 0.1) is 6.42 Å². The van der Waals surface area contributed by atoms with Crippen molar-refractivity contribution >= 4 is 12.0 Å². The van der Waals surface area contributed by atoms with Crippen LogP contribution in [-0.4, -0.2) is 41.6 Å². The maximum atomic E-state index is 12.4. The van der Waals surface area contributed by atoms with Crippen LogP contribution in [0.5, 0.6) is 0 Å². The summed E-state index contributed by atoms with van der Waals surface area (Å²) >= 11 is 0. The summed E-state index contributed by atoms with van der Waals surface area (Å²) in [5, 5.41) is 2.87. The number of nitrogens with one attached hydrogen (secondary N) is 1. The Bertz CT molecular complexity index is 537. The quantitative estimate of drug-likeness (QED) is 0.932. The molecule has 23 heavy (non-hydrogen) atoms. The lowest BCUT2D eigenvalue weighted by Crippen LogP contribution is -2.50. The van der Waals surface area contributed by atoms with Crippen LogP contribution in [0.15, 0.2) is 30.3 Å². The van der Waals surface area contributed by atoms with E-state index in [-0.39, 0.29) is 11.9 Å². The van der Waals surface area contributed by atoms with Crippen molar-refractivity contribution < 1.29 is 14.3 Å². The molecule has 1 fully saturated rings. The molecule has 1 aliphatic rings. The summed E-state index contributed by atoms with van der Waals surface area (Å²) in [6, 6.07) is 9.68. The fourth-order valence-corrected chi connectivity index (χ4v) is 2.68. The summed E-state index contributed by atoms with van der Waals surface area (Å²) in [6.07, 6.45) is 1.75. The van der Waals surface area contributed by atoms with Gasteiger partial charge in [0, 0.05) is 19.1 Å². The van der Waals surface area contributed by atoms with Crippen LogP contribution >= 0.6 is 0 Å². The summed E-state index contributed by atoms with van der Waals surface area (Å²) in [5.41, 5.74) is 0.501. The summed E-state index contributed by atoms with van der Waals surface area (Å²) in [6.45, 7) is 6.80. The van der Waals surface area contributed by atoms with E-state index >= 15 is 0 Å². The molecule has 0 bridgehead atoms. The molecular weight excluding hydrogens is 292 g/mol. The number of hydrogen-bond acceptors (Lipinski definition) is 3. The fraction of sp³-hybridized carbons (Fsp3) is 0.556. The second kappa shape index (κ2) is 7.49. The molecule has 1 aromatic carbocycles. The van der Waals surface area contributed by atoms with Gasteiger partial charge in [-0.15, -0.1) is 0 Å². The maximum absolute atomic E-state index is 12.4. The summed E-state index contributed by atoms with van der Waals surface area (Å²) in [4.78, 5) is 26.1. The number of carbonyl (C=O) groups is 2. The largest absolute Gasteiger partial charge is 0.444 e. The van der Waals surface area contributed by atoms with Crippen molar-refractivity contribution in [1.82, 2.24) is 10.2 Å². The highest BCUT2D eigenvalue weighted by molar-refractivity contribution is 5.79. The van der Waals surface area contributed by atoms with Crippen LogP contribution in [0.4, 0.5) is 4.79 Å². The highest BCUT2D eigenvalue weighted by atomic mass is 16.6. The van der Waals surface area contributed by atoms with Gasteiger partial charge in [-0.05, 0) is 39.2 Å². The standard InChI is InChI=1S/C18H26N2O3/c1-18(2,3)23-17(22)19-15-10-7-11-20(13-15)16(21)12-14-8-5-4-6-9-14/h4-6,8-9,15H,7,10-13H2,1-3H3,(H,19,22). The molecule has 0 aromatic heterocycles. The van der Waals surface area contributed by atoms with Crippen molar-refractivity contribution in [2.24, 2.45) is 0 Å². The minimum absolute atomic E-state index is 0.0432. The van der Waals surface area contributed by atoms with Crippen molar-refractivity contribution in [3.63, 3.8) is 0 Å². The molecule has 126 valence electrons. The Morgan fingerprint density at radius 3 is 2.61 bits per heavy atom. The Balaban J connectivity index is 1.85. The monoisotopic (exact) mass is 318 g/mol. The molecule has 1 heterocycles. The van der Waals surface area contributed by atoms with Crippen molar-refractivity contribution in [3.05, 3.63) is 35.9 Å². The Morgan fingerprint density at radius 2 is 1.96 bits per heavy atom. The van der Waals surface area contributed by atoms with Crippen LogP contribution in [0, 0.1) is 0 Å². The zero-order valence-corrected chi connectivity index (χ0v) is 14.2. The minimum Gasteiger partial charge on any atom is -0.444 e. The third kappa shape index (κ3) is 5.93. The van der Waals surface area contributed by atoms with Gasteiger partial charge in [0.2, 0.25) is 5.91 Å². The molecule has 2 amide bonds. The highest BCUT2D eigenvalue weighted by Crippen LogP contribution is 2.14. The van der Waals surface area contributed by atoms with E-state index < -0.39 is 11.7 Å². The molecule has 0 aliphatic carbocycles. The lowest BCUT2D eigenvalue weighted by atomic mass is 10.0. The fourth-order valence-electron chi connectivity index (χ4n) is 2.68. The van der Waals surface area contributed by atoms with Crippen LogP contribution in [-0.2, 0) is 16.0 Å². The number of rotatable bonds is 3. The molecule has 5 nitrogen and oxygen atoms in total. The van der Waals surface area contributed by atoms with Crippen LogP contribution in [0.1, 0.15) is 39.2 Å². The molecule has 1 unspecified atom stereocenters. The average molecular weight is 318 g/mol. The van der Waals surface area contributed by atoms with Gasteiger partial charge in [0.1, 0.15) is 5.60 Å². The molecule has 1 N–H and O–H groups in total. The Hall–Kier alpha value is -2.04. The third-order valence-corrected chi connectivity index (χ3v) is 3.69. The molecule has 0 spiro atoms. The normalized spacial score (nSPS) is 18.4. The van der Waals surface area contributed by atoms with Gasteiger partial charge in [0.25, 0.3) is 0 Å². The molecule has 1 aromatic rings. The van der Waals surface area contributed by atoms with E-state index in [1.54, 1.807) is 0 Å². The van der Waals surface area contributed by atoms with Crippen molar-refractivity contribution in [3.8, 4) is 0 Å². The minimum atomic E-state index is -0.512. The number of ether oxygens (including phenoxy) is 1. The number of alkyl carbamates (subject to hydrolysis) is 1. The van der Waals surface area contributed by atoms with Crippen molar-refractivity contribution in [1.29, 1.82) is 0 Å². The Kier molecular flexibility index (Phi) is 5.64. The summed E-state index contributed by atoms with van der Waals surface area (Å²) in [5.74, 6) is 0.104. The Morgan fingerprint density at radius 1 is 1.26 bits per heavy atom. The number of carbonyl (C=O) groups excluding carboxylic acids is 2. The van der Waals surface area contributed by atoms with E-state index in [1.807, 2.05) is 56.0 Å². The van der Waals surface area contributed by atoms with Crippen LogP contribution in [0.25, 0.3) is 0 Å².